The van der Waals surface area contributed by atoms with Crippen molar-refractivity contribution in [2.24, 2.45) is 0 Å². The van der Waals surface area contributed by atoms with Crippen LogP contribution in [0.4, 0.5) is 0 Å². The Labute approximate surface area is 76.1 Å². The molecule has 0 amide bonds. The Morgan fingerprint density at radius 2 is 1.20 bits per heavy atom. The van der Waals surface area contributed by atoms with E-state index in [1.165, 1.54) is 0 Å². The van der Waals surface area contributed by atoms with E-state index in [0.29, 0.717) is 0 Å². The number of hydrogen-bond acceptors (Lipinski definition) is 0. The van der Waals surface area contributed by atoms with Crippen LogP contribution in [0.25, 0.3) is 0 Å². The molecule has 0 aliphatic heterocycles. The minimum atomic E-state index is 0. The van der Waals surface area contributed by atoms with Gasteiger partial charge in [-0.2, -0.15) is 0 Å². The van der Waals surface area contributed by atoms with E-state index in [0.717, 1.165) is 0 Å². The Bertz CT molecular complexity index is 18.8. The van der Waals surface area contributed by atoms with Gasteiger partial charge in [0.05, 0.1) is 0 Å². The molecule has 1 heteroatoms. The van der Waals surface area contributed by atoms with Crippen molar-refractivity contribution in [3.05, 3.63) is 12.2 Å². The molecule has 0 saturated heterocycles. The second-order valence-corrected chi connectivity index (χ2v) is 0.667. The monoisotopic (exact) mass is 96.0 g/mol. The van der Waals surface area contributed by atoms with Crippen molar-refractivity contribution in [2.45, 2.75) is 13.8 Å². The molecule has 0 bridgehead atoms. The Kier molecular flexibility index (Phi) is 17.4. The summed E-state index contributed by atoms with van der Waals surface area (Å²) >= 11 is 0. The Morgan fingerprint density at radius 1 is 1.00 bits per heavy atom. The second-order valence-electron chi connectivity index (χ2n) is 0.667. The molecule has 0 aliphatic rings. The molecular weight excluding hydrogens is 87.1 g/mol. The van der Waals surface area contributed by atoms with Gasteiger partial charge in [0.25, 0.3) is 0 Å². The maximum absolute atomic E-state index is 2.00. The Hall–Kier alpha value is 1.38. The summed E-state index contributed by atoms with van der Waals surface area (Å²) in [5.41, 5.74) is 0. The van der Waals surface area contributed by atoms with E-state index in [9.17, 15) is 0 Å². The topological polar surface area (TPSA) is 0 Å². The fourth-order valence-corrected chi connectivity index (χ4v) is 0. The van der Waals surface area contributed by atoms with Crippen molar-refractivity contribution < 1.29 is 0 Å². The summed E-state index contributed by atoms with van der Waals surface area (Å²) in [6.45, 7) is 4.00. The molecule has 0 aliphatic carbocycles. The van der Waals surface area contributed by atoms with Crippen molar-refractivity contribution >= 4 is 51.4 Å². The molecular formula is C4H9K. The van der Waals surface area contributed by atoms with Gasteiger partial charge in [-0.05, 0) is 13.8 Å². The van der Waals surface area contributed by atoms with Gasteiger partial charge in [0.15, 0.2) is 0 Å². The first kappa shape index (κ1) is 9.62. The van der Waals surface area contributed by atoms with Crippen LogP contribution in [0.15, 0.2) is 12.2 Å². The summed E-state index contributed by atoms with van der Waals surface area (Å²) in [6.07, 6.45) is 4.00. The molecule has 0 fully saturated rings. The Morgan fingerprint density at radius 3 is 1.20 bits per heavy atom. The van der Waals surface area contributed by atoms with Crippen LogP contribution in [0.3, 0.4) is 0 Å². The van der Waals surface area contributed by atoms with Gasteiger partial charge in [-0.1, -0.05) is 12.2 Å². The molecule has 5 heavy (non-hydrogen) atoms. The average Bonchev–Trinajstić information content (AvgIpc) is 1.37. The third-order valence-corrected chi connectivity index (χ3v) is 0.333. The Balaban J connectivity index is 0. The van der Waals surface area contributed by atoms with Crippen molar-refractivity contribution in [1.29, 1.82) is 0 Å². The summed E-state index contributed by atoms with van der Waals surface area (Å²) in [5, 5.41) is 0. The summed E-state index contributed by atoms with van der Waals surface area (Å²) in [6, 6.07) is 0. The quantitative estimate of drug-likeness (QED) is 0.311. The molecule has 0 rings (SSSR count). The van der Waals surface area contributed by atoms with Gasteiger partial charge in [-0.15, -0.1) is 0 Å². The van der Waals surface area contributed by atoms with Gasteiger partial charge in [-0.3, -0.25) is 0 Å². The van der Waals surface area contributed by atoms with Crippen molar-refractivity contribution in [2.75, 3.05) is 0 Å². The SMILES string of the molecule is CC=CC.[KH]. The van der Waals surface area contributed by atoms with Gasteiger partial charge in [0, 0.05) is 0 Å². The maximum atomic E-state index is 2.00. The molecule has 0 N–H and O–H groups in total. The first-order chi connectivity index (χ1) is 1.91. The predicted octanol–water partition coefficient (Wildman–Crippen LogP) is 0.934. The van der Waals surface area contributed by atoms with Crippen molar-refractivity contribution in [1.82, 2.24) is 0 Å². The van der Waals surface area contributed by atoms with Crippen LogP contribution >= 0.6 is 0 Å². The van der Waals surface area contributed by atoms with Gasteiger partial charge < -0.3 is 0 Å². The first-order valence-electron chi connectivity index (χ1n) is 1.49. The van der Waals surface area contributed by atoms with E-state index in [1.807, 2.05) is 26.0 Å². The zero-order chi connectivity index (χ0) is 3.41. The van der Waals surface area contributed by atoms with Crippen LogP contribution in [-0.2, 0) is 0 Å². The first-order valence-corrected chi connectivity index (χ1v) is 1.49. The standard InChI is InChI=1S/C4H8.K.H/c1-3-4-2;;/h3-4H,1-2H3;;. The molecule has 0 spiro atoms. The molecule has 0 radical (unpaired) electrons. The molecule has 0 unspecified atom stereocenters. The van der Waals surface area contributed by atoms with E-state index in [4.69, 9.17) is 0 Å². The molecule has 0 saturated carbocycles. The van der Waals surface area contributed by atoms with Crippen LogP contribution < -0.4 is 0 Å². The normalized spacial score (nSPS) is 7.60. The van der Waals surface area contributed by atoms with E-state index in [2.05, 4.69) is 0 Å². The van der Waals surface area contributed by atoms with Crippen LogP contribution in [0.2, 0.25) is 0 Å². The van der Waals surface area contributed by atoms with Gasteiger partial charge in [-0.25, -0.2) is 0 Å². The van der Waals surface area contributed by atoms with E-state index in [-0.39, 0.29) is 51.4 Å². The van der Waals surface area contributed by atoms with Crippen LogP contribution in [0, 0.1) is 0 Å². The third-order valence-electron chi connectivity index (χ3n) is 0.333. The number of allylic oxidation sites excluding steroid dienone is 2. The third kappa shape index (κ3) is 10.9. The number of rotatable bonds is 0. The summed E-state index contributed by atoms with van der Waals surface area (Å²) in [5.74, 6) is 0. The minimum absolute atomic E-state index is 0. The second kappa shape index (κ2) is 9.03. The van der Waals surface area contributed by atoms with Crippen LogP contribution in [0.5, 0.6) is 0 Å². The molecule has 0 aromatic carbocycles. The summed E-state index contributed by atoms with van der Waals surface area (Å²) in [7, 11) is 0. The summed E-state index contributed by atoms with van der Waals surface area (Å²) in [4.78, 5) is 0. The van der Waals surface area contributed by atoms with Gasteiger partial charge in [0.2, 0.25) is 0 Å². The van der Waals surface area contributed by atoms with Gasteiger partial charge in [0.1, 0.15) is 0 Å². The van der Waals surface area contributed by atoms with Crippen LogP contribution in [-0.4, -0.2) is 51.4 Å². The molecule has 0 atom stereocenters. The summed E-state index contributed by atoms with van der Waals surface area (Å²) < 4.78 is 0. The number of hydrogen-bond donors (Lipinski definition) is 0. The molecule has 0 aromatic heterocycles. The molecule has 0 nitrogen and oxygen atoms in total. The zero-order valence-corrected chi connectivity index (χ0v) is 3.15. The van der Waals surface area contributed by atoms with Gasteiger partial charge >= 0.3 is 51.4 Å². The van der Waals surface area contributed by atoms with Crippen molar-refractivity contribution in [3.8, 4) is 0 Å². The van der Waals surface area contributed by atoms with E-state index in [1.54, 1.807) is 0 Å². The predicted molar refractivity (Wildman–Crippen MR) is 27.6 cm³/mol. The fourth-order valence-electron chi connectivity index (χ4n) is 0. The zero-order valence-electron chi connectivity index (χ0n) is 3.15. The molecule has 0 aromatic rings. The fraction of sp³-hybridized carbons (Fsp3) is 0.500. The van der Waals surface area contributed by atoms with Crippen molar-refractivity contribution in [3.63, 3.8) is 0 Å². The van der Waals surface area contributed by atoms with Crippen LogP contribution in [0.1, 0.15) is 13.8 Å². The molecule has 26 valence electrons. The molecule has 0 heterocycles. The van der Waals surface area contributed by atoms with E-state index < -0.39 is 0 Å². The van der Waals surface area contributed by atoms with E-state index >= 15 is 0 Å². The average molecular weight is 96.2 g/mol.